The quantitative estimate of drug-likeness (QED) is 0.479. The molecule has 0 bridgehead atoms. The summed E-state index contributed by atoms with van der Waals surface area (Å²) >= 11 is 0. The van der Waals surface area contributed by atoms with Gasteiger partial charge in [-0.25, -0.2) is 4.39 Å². The maximum Gasteiger partial charge on any atom is 0.257 e. The molecule has 10 nitrogen and oxygen atoms in total. The highest BCUT2D eigenvalue weighted by atomic mass is 19.1. The highest BCUT2D eigenvalue weighted by Gasteiger charge is 2.22. The third-order valence-corrected chi connectivity index (χ3v) is 5.89. The monoisotopic (exact) mass is 511 g/mol. The van der Waals surface area contributed by atoms with Crippen molar-refractivity contribution >= 4 is 17.6 Å². The number of carbonyl (C=O) groups excluding carboxylic acids is 2. The zero-order chi connectivity index (χ0) is 26.5. The Labute approximate surface area is 214 Å². The molecule has 0 spiro atoms. The Hall–Kier alpha value is -3.96. The topological polar surface area (TPSA) is 109 Å². The number of nitrogens with one attached hydrogen (secondary N) is 1. The second-order valence-electron chi connectivity index (χ2n) is 8.98. The van der Waals surface area contributed by atoms with Gasteiger partial charge in [0.25, 0.3) is 11.8 Å². The number of hydrogen-bond donors (Lipinski definition) is 2. The number of aliphatic hydroxyl groups is 1. The van der Waals surface area contributed by atoms with Crippen LogP contribution in [0.4, 0.5) is 10.2 Å². The molecule has 1 fully saturated rings. The summed E-state index contributed by atoms with van der Waals surface area (Å²) in [5.41, 5.74) is 0.421. The van der Waals surface area contributed by atoms with Crippen molar-refractivity contribution in [1.82, 2.24) is 19.6 Å². The first-order valence-electron chi connectivity index (χ1n) is 11.9. The summed E-state index contributed by atoms with van der Waals surface area (Å²) in [6, 6.07) is 10.1. The number of carbonyl (C=O) groups is 2. The molecule has 1 saturated heterocycles. The largest absolute Gasteiger partial charge is 0.488 e. The van der Waals surface area contributed by atoms with E-state index in [-0.39, 0.29) is 40.9 Å². The normalized spacial score (nSPS) is 14.8. The van der Waals surface area contributed by atoms with Crippen LogP contribution in [0.15, 0.2) is 48.7 Å². The molecule has 11 heteroatoms. The number of halogens is 1. The van der Waals surface area contributed by atoms with E-state index in [1.165, 1.54) is 30.3 Å². The minimum Gasteiger partial charge on any atom is -0.488 e. The zero-order valence-electron chi connectivity index (χ0n) is 21.0. The molecule has 2 aromatic carbocycles. The van der Waals surface area contributed by atoms with E-state index in [4.69, 9.17) is 9.47 Å². The number of aryl methyl sites for hydroxylation is 1. The minimum absolute atomic E-state index is 0.113. The summed E-state index contributed by atoms with van der Waals surface area (Å²) in [6.45, 7) is 4.11. The van der Waals surface area contributed by atoms with Crippen LogP contribution in [0, 0.1) is 5.82 Å². The standard InChI is InChI=1S/C26H30FN5O5/c1-17(16-33)36-20-12-19(25(34)28-24-6-7-31(3)29-24)13-21(15-20)37-23-5-4-18(14-22(23)27)26(35)32-10-8-30(2)9-11-32/h4-7,12-15,17,33H,8-11,16H2,1-3H3,(H,28,29,34)/t17-/m0/s1. The van der Waals surface area contributed by atoms with Crippen LogP contribution in [-0.4, -0.2) is 82.4 Å². The second kappa shape index (κ2) is 11.4. The molecule has 196 valence electrons. The van der Waals surface area contributed by atoms with Crippen LogP contribution in [0.5, 0.6) is 17.2 Å². The maximum atomic E-state index is 15.0. The van der Waals surface area contributed by atoms with Gasteiger partial charge in [0.15, 0.2) is 17.4 Å². The number of aromatic nitrogens is 2. The lowest BCUT2D eigenvalue weighted by atomic mass is 10.1. The summed E-state index contributed by atoms with van der Waals surface area (Å²) in [6.07, 6.45) is 1.15. The van der Waals surface area contributed by atoms with Gasteiger partial charge in [-0.3, -0.25) is 14.3 Å². The van der Waals surface area contributed by atoms with Gasteiger partial charge >= 0.3 is 0 Å². The van der Waals surface area contributed by atoms with E-state index < -0.39 is 17.8 Å². The number of benzene rings is 2. The molecule has 2 heterocycles. The van der Waals surface area contributed by atoms with E-state index in [9.17, 15) is 19.1 Å². The first-order valence-corrected chi connectivity index (χ1v) is 11.9. The van der Waals surface area contributed by atoms with Crippen LogP contribution in [0.1, 0.15) is 27.6 Å². The smallest absolute Gasteiger partial charge is 0.257 e. The molecule has 1 aliphatic rings. The number of amides is 2. The lowest BCUT2D eigenvalue weighted by Gasteiger charge is -2.32. The summed E-state index contributed by atoms with van der Waals surface area (Å²) < 4.78 is 28.0. The third-order valence-electron chi connectivity index (χ3n) is 5.89. The number of anilines is 1. The van der Waals surface area contributed by atoms with Crippen LogP contribution < -0.4 is 14.8 Å². The maximum absolute atomic E-state index is 15.0. The van der Waals surface area contributed by atoms with Crippen molar-refractivity contribution in [3.63, 3.8) is 0 Å². The van der Waals surface area contributed by atoms with E-state index in [1.54, 1.807) is 35.8 Å². The molecular formula is C26H30FN5O5. The van der Waals surface area contributed by atoms with Crippen molar-refractivity contribution in [3.8, 4) is 17.2 Å². The molecule has 0 aliphatic carbocycles. The van der Waals surface area contributed by atoms with E-state index in [0.29, 0.717) is 18.9 Å². The van der Waals surface area contributed by atoms with Gasteiger partial charge in [0.05, 0.1) is 6.61 Å². The van der Waals surface area contributed by atoms with Gasteiger partial charge in [-0.1, -0.05) is 0 Å². The van der Waals surface area contributed by atoms with Crippen molar-refractivity contribution < 1.29 is 28.6 Å². The number of piperazine rings is 1. The van der Waals surface area contributed by atoms with E-state index in [0.717, 1.165) is 19.2 Å². The summed E-state index contributed by atoms with van der Waals surface area (Å²) in [7, 11) is 3.72. The molecule has 2 N–H and O–H groups in total. The highest BCUT2D eigenvalue weighted by molar-refractivity contribution is 6.04. The fourth-order valence-electron chi connectivity index (χ4n) is 3.81. The third kappa shape index (κ3) is 6.63. The predicted octanol–water partition coefficient (Wildman–Crippen LogP) is 2.75. The van der Waals surface area contributed by atoms with Gasteiger partial charge in [-0.05, 0) is 44.3 Å². The molecule has 3 aromatic rings. The molecule has 0 saturated carbocycles. The van der Waals surface area contributed by atoms with Crippen LogP contribution in [-0.2, 0) is 7.05 Å². The number of likely N-dealkylation sites (N-methyl/N-ethyl adjacent to an activating group) is 1. The van der Waals surface area contributed by atoms with Crippen LogP contribution in [0.3, 0.4) is 0 Å². The number of ether oxygens (including phenoxy) is 2. The summed E-state index contributed by atoms with van der Waals surface area (Å²) in [4.78, 5) is 29.5. The van der Waals surface area contributed by atoms with Gasteiger partial charge in [0, 0.05) is 62.7 Å². The van der Waals surface area contributed by atoms with Crippen molar-refractivity contribution in [2.75, 3.05) is 45.2 Å². The van der Waals surface area contributed by atoms with E-state index >= 15 is 0 Å². The molecule has 0 radical (unpaired) electrons. The van der Waals surface area contributed by atoms with Crippen molar-refractivity contribution in [3.05, 3.63) is 65.6 Å². The first-order chi connectivity index (χ1) is 17.7. The van der Waals surface area contributed by atoms with E-state index in [2.05, 4.69) is 15.3 Å². The Morgan fingerprint density at radius 1 is 1.05 bits per heavy atom. The van der Waals surface area contributed by atoms with Gasteiger partial charge in [-0.2, -0.15) is 5.10 Å². The molecule has 0 unspecified atom stereocenters. The molecule has 4 rings (SSSR count). The first kappa shape index (κ1) is 26.1. The van der Waals surface area contributed by atoms with Crippen LogP contribution in [0.25, 0.3) is 0 Å². The SMILES string of the molecule is C[C@@H](CO)Oc1cc(Oc2ccc(C(=O)N3CCN(C)CC3)cc2F)cc(C(=O)Nc2ccn(C)n2)c1. The molecule has 37 heavy (non-hydrogen) atoms. The van der Waals surface area contributed by atoms with E-state index in [1.807, 2.05) is 7.05 Å². The number of rotatable bonds is 8. The highest BCUT2D eigenvalue weighted by Crippen LogP contribution is 2.30. The Bertz CT molecular complexity index is 1270. The second-order valence-corrected chi connectivity index (χ2v) is 8.98. The number of nitrogens with zero attached hydrogens (tertiary/aromatic N) is 4. The lowest BCUT2D eigenvalue weighted by molar-refractivity contribution is 0.0663. The minimum atomic E-state index is -0.713. The Balaban J connectivity index is 1.55. The van der Waals surface area contributed by atoms with Crippen molar-refractivity contribution in [1.29, 1.82) is 0 Å². The fourth-order valence-corrected chi connectivity index (χ4v) is 3.81. The lowest BCUT2D eigenvalue weighted by Crippen LogP contribution is -2.47. The van der Waals surface area contributed by atoms with Gasteiger partial charge < -0.3 is 29.7 Å². The molecule has 1 atom stereocenters. The summed E-state index contributed by atoms with van der Waals surface area (Å²) in [5, 5.41) is 16.2. The average Bonchev–Trinajstić information content (AvgIpc) is 3.29. The molecule has 2 amide bonds. The van der Waals surface area contributed by atoms with Crippen molar-refractivity contribution in [2.45, 2.75) is 13.0 Å². The Kier molecular flexibility index (Phi) is 8.04. The summed E-state index contributed by atoms with van der Waals surface area (Å²) in [5.74, 6) is -0.775. The number of hydrogen-bond acceptors (Lipinski definition) is 7. The fraction of sp³-hybridized carbons (Fsp3) is 0.346. The Morgan fingerprint density at radius 2 is 1.78 bits per heavy atom. The molecule has 1 aromatic heterocycles. The number of aliphatic hydroxyl groups excluding tert-OH is 1. The zero-order valence-corrected chi connectivity index (χ0v) is 21.0. The van der Waals surface area contributed by atoms with Crippen molar-refractivity contribution in [2.24, 2.45) is 7.05 Å². The van der Waals surface area contributed by atoms with Crippen LogP contribution >= 0.6 is 0 Å². The Morgan fingerprint density at radius 3 is 2.43 bits per heavy atom. The van der Waals surface area contributed by atoms with Gasteiger partial charge in [0.1, 0.15) is 17.6 Å². The molecule has 1 aliphatic heterocycles. The van der Waals surface area contributed by atoms with Crippen LogP contribution in [0.2, 0.25) is 0 Å². The average molecular weight is 512 g/mol. The molecular weight excluding hydrogens is 481 g/mol. The van der Waals surface area contributed by atoms with Gasteiger partial charge in [0.2, 0.25) is 0 Å². The van der Waals surface area contributed by atoms with Gasteiger partial charge in [-0.15, -0.1) is 0 Å². The predicted molar refractivity (Wildman–Crippen MR) is 135 cm³/mol.